The molecule has 8 heteroatoms. The maximum absolute atomic E-state index is 11.5. The highest BCUT2D eigenvalue weighted by molar-refractivity contribution is 5.84. The monoisotopic (exact) mass is 370 g/mol. The zero-order chi connectivity index (χ0) is 19.2. The third-order valence-electron chi connectivity index (χ3n) is 4.34. The standard InChI is InChI=1S/C19H22N4O4/c20-22-18(24)9-7-15-12-23(11-13-4-2-1-3-5-13)16-10-14(21-19(25)26)6-8-17(16)27-15/h1-6,8,10,15,21H,7,9,11-12,20H2,(H,22,24)(H,25,26). The van der Waals surface area contributed by atoms with Gasteiger partial charge in [0.25, 0.3) is 0 Å². The normalized spacial score (nSPS) is 15.4. The Morgan fingerprint density at radius 3 is 2.70 bits per heavy atom. The summed E-state index contributed by atoms with van der Waals surface area (Å²) in [5.41, 5.74) is 4.54. The molecule has 0 spiro atoms. The summed E-state index contributed by atoms with van der Waals surface area (Å²) >= 11 is 0. The van der Waals surface area contributed by atoms with E-state index in [1.807, 2.05) is 30.3 Å². The minimum Gasteiger partial charge on any atom is -0.486 e. The lowest BCUT2D eigenvalue weighted by molar-refractivity contribution is -0.121. The van der Waals surface area contributed by atoms with Crippen molar-refractivity contribution < 1.29 is 19.4 Å². The van der Waals surface area contributed by atoms with Gasteiger partial charge in [0.2, 0.25) is 5.91 Å². The largest absolute Gasteiger partial charge is 0.486 e. The molecule has 3 rings (SSSR count). The molecule has 1 heterocycles. The first-order valence-corrected chi connectivity index (χ1v) is 8.64. The number of nitrogens with two attached hydrogens (primary N) is 1. The fourth-order valence-corrected chi connectivity index (χ4v) is 3.09. The van der Waals surface area contributed by atoms with Crippen molar-refractivity contribution in [1.82, 2.24) is 5.43 Å². The highest BCUT2D eigenvalue weighted by Gasteiger charge is 2.26. The van der Waals surface area contributed by atoms with Crippen molar-refractivity contribution in [1.29, 1.82) is 0 Å². The number of anilines is 2. The van der Waals surface area contributed by atoms with E-state index in [1.165, 1.54) is 0 Å². The highest BCUT2D eigenvalue weighted by Crippen LogP contribution is 2.37. The van der Waals surface area contributed by atoms with Gasteiger partial charge >= 0.3 is 6.09 Å². The van der Waals surface area contributed by atoms with Crippen LogP contribution < -0.4 is 26.2 Å². The number of rotatable bonds is 6. The van der Waals surface area contributed by atoms with Crippen LogP contribution in [0.25, 0.3) is 0 Å². The van der Waals surface area contributed by atoms with Crippen molar-refractivity contribution in [3.05, 3.63) is 54.1 Å². The summed E-state index contributed by atoms with van der Waals surface area (Å²) in [6, 6.07) is 15.1. The Hall–Kier alpha value is -3.26. The molecule has 0 saturated heterocycles. The molecule has 1 aliphatic rings. The first-order chi connectivity index (χ1) is 13.0. The van der Waals surface area contributed by atoms with Crippen LogP contribution in [0.2, 0.25) is 0 Å². The van der Waals surface area contributed by atoms with E-state index >= 15 is 0 Å². The maximum Gasteiger partial charge on any atom is 0.409 e. The minimum absolute atomic E-state index is 0.170. The topological polar surface area (TPSA) is 117 Å². The van der Waals surface area contributed by atoms with Crippen LogP contribution >= 0.6 is 0 Å². The molecule has 1 aliphatic heterocycles. The molecular weight excluding hydrogens is 348 g/mol. The van der Waals surface area contributed by atoms with Crippen molar-refractivity contribution >= 4 is 23.4 Å². The van der Waals surface area contributed by atoms with E-state index in [4.69, 9.17) is 15.7 Å². The Labute approximate surface area is 156 Å². The van der Waals surface area contributed by atoms with Crippen LogP contribution in [0.1, 0.15) is 18.4 Å². The molecule has 0 aliphatic carbocycles. The zero-order valence-electron chi connectivity index (χ0n) is 14.7. The third-order valence-corrected chi connectivity index (χ3v) is 4.34. The fourth-order valence-electron chi connectivity index (χ4n) is 3.09. The van der Waals surface area contributed by atoms with Crippen LogP contribution in [0.4, 0.5) is 16.2 Å². The third kappa shape index (κ3) is 4.89. The second kappa shape index (κ2) is 8.41. The Kier molecular flexibility index (Phi) is 5.77. The van der Waals surface area contributed by atoms with Crippen LogP contribution in [-0.4, -0.2) is 29.8 Å². The van der Waals surface area contributed by atoms with Crippen LogP contribution in [0, 0.1) is 0 Å². The molecule has 0 aromatic heterocycles. The van der Waals surface area contributed by atoms with Gasteiger partial charge in [-0.25, -0.2) is 10.6 Å². The fraction of sp³-hybridized carbons (Fsp3) is 0.263. The number of nitrogens with one attached hydrogen (secondary N) is 2. The molecular formula is C19H22N4O4. The molecule has 0 saturated carbocycles. The van der Waals surface area contributed by atoms with Crippen molar-refractivity contribution in [3.8, 4) is 5.75 Å². The molecule has 8 nitrogen and oxygen atoms in total. The van der Waals surface area contributed by atoms with Gasteiger partial charge in [-0.3, -0.25) is 15.5 Å². The van der Waals surface area contributed by atoms with Crippen LogP contribution in [-0.2, 0) is 11.3 Å². The van der Waals surface area contributed by atoms with Gasteiger partial charge in [-0.15, -0.1) is 0 Å². The van der Waals surface area contributed by atoms with E-state index in [0.717, 1.165) is 11.3 Å². The second-order valence-electron chi connectivity index (χ2n) is 6.32. The smallest absolute Gasteiger partial charge is 0.409 e. The molecule has 2 aromatic carbocycles. The lowest BCUT2D eigenvalue weighted by Gasteiger charge is -2.36. The molecule has 1 atom stereocenters. The minimum atomic E-state index is -1.12. The number of hydrazine groups is 1. The summed E-state index contributed by atoms with van der Waals surface area (Å²) in [5.74, 6) is 5.57. The molecule has 0 fully saturated rings. The molecule has 0 radical (unpaired) electrons. The van der Waals surface area contributed by atoms with Crippen molar-refractivity contribution in [2.45, 2.75) is 25.5 Å². The lowest BCUT2D eigenvalue weighted by Crippen LogP contribution is -2.40. The van der Waals surface area contributed by atoms with E-state index in [-0.39, 0.29) is 18.4 Å². The Morgan fingerprint density at radius 1 is 1.22 bits per heavy atom. The Morgan fingerprint density at radius 2 is 2.00 bits per heavy atom. The number of fused-ring (bicyclic) bond motifs is 1. The summed E-state index contributed by atoms with van der Waals surface area (Å²) in [4.78, 5) is 24.5. The van der Waals surface area contributed by atoms with Crippen molar-refractivity contribution in [2.75, 3.05) is 16.8 Å². The first-order valence-electron chi connectivity index (χ1n) is 8.64. The van der Waals surface area contributed by atoms with E-state index in [0.29, 0.717) is 30.9 Å². The predicted molar refractivity (Wildman–Crippen MR) is 102 cm³/mol. The van der Waals surface area contributed by atoms with Crippen LogP contribution in [0.5, 0.6) is 5.75 Å². The number of carbonyl (C=O) groups excluding carboxylic acids is 1. The first kappa shape index (κ1) is 18.5. The average molecular weight is 370 g/mol. The number of nitrogens with zero attached hydrogens (tertiary/aromatic N) is 1. The average Bonchev–Trinajstić information content (AvgIpc) is 2.66. The summed E-state index contributed by atoms with van der Waals surface area (Å²) in [6.07, 6.45) is -0.485. The highest BCUT2D eigenvalue weighted by atomic mass is 16.5. The van der Waals surface area contributed by atoms with Crippen molar-refractivity contribution in [3.63, 3.8) is 0 Å². The summed E-state index contributed by atoms with van der Waals surface area (Å²) < 4.78 is 6.02. The molecule has 142 valence electrons. The molecule has 2 amide bonds. The van der Waals surface area contributed by atoms with E-state index in [2.05, 4.69) is 15.6 Å². The van der Waals surface area contributed by atoms with Gasteiger partial charge in [0.05, 0.1) is 12.2 Å². The van der Waals surface area contributed by atoms with Gasteiger partial charge in [-0.2, -0.15) is 0 Å². The molecule has 0 bridgehead atoms. The predicted octanol–water partition coefficient (Wildman–Crippen LogP) is 2.31. The van der Waals surface area contributed by atoms with Gasteiger partial charge in [-0.05, 0) is 30.2 Å². The molecule has 5 N–H and O–H groups in total. The van der Waals surface area contributed by atoms with Crippen LogP contribution in [0.15, 0.2) is 48.5 Å². The lowest BCUT2D eigenvalue weighted by atomic mass is 10.1. The molecule has 2 aromatic rings. The number of hydrogen-bond acceptors (Lipinski definition) is 5. The molecule has 1 unspecified atom stereocenters. The number of ether oxygens (including phenoxy) is 1. The maximum atomic E-state index is 11.5. The van der Waals surface area contributed by atoms with E-state index in [1.54, 1.807) is 18.2 Å². The Bertz CT molecular complexity index is 813. The number of hydrogen-bond donors (Lipinski definition) is 4. The summed E-state index contributed by atoms with van der Waals surface area (Å²) in [7, 11) is 0. The van der Waals surface area contributed by atoms with E-state index in [9.17, 15) is 9.59 Å². The van der Waals surface area contributed by atoms with Gasteiger partial charge < -0.3 is 14.7 Å². The van der Waals surface area contributed by atoms with Gasteiger partial charge in [0.15, 0.2) is 0 Å². The van der Waals surface area contributed by atoms with Crippen molar-refractivity contribution in [2.24, 2.45) is 5.84 Å². The summed E-state index contributed by atoms with van der Waals surface area (Å²) in [6.45, 7) is 1.23. The SMILES string of the molecule is NNC(=O)CCC1CN(Cc2ccccc2)c2cc(NC(=O)O)ccc2O1. The summed E-state index contributed by atoms with van der Waals surface area (Å²) in [5, 5.41) is 11.3. The quantitative estimate of drug-likeness (QED) is 0.352. The molecule has 27 heavy (non-hydrogen) atoms. The van der Waals surface area contributed by atoms with Gasteiger partial charge in [0.1, 0.15) is 11.9 Å². The second-order valence-corrected chi connectivity index (χ2v) is 6.32. The van der Waals surface area contributed by atoms with Gasteiger partial charge in [-0.1, -0.05) is 30.3 Å². The van der Waals surface area contributed by atoms with E-state index < -0.39 is 6.09 Å². The number of carbonyl (C=O) groups is 2. The number of carboxylic acid groups (broad SMARTS) is 1. The number of amides is 2. The Balaban J connectivity index is 1.84. The number of benzene rings is 2. The van der Waals surface area contributed by atoms with Crippen LogP contribution in [0.3, 0.4) is 0 Å². The van der Waals surface area contributed by atoms with Gasteiger partial charge in [0, 0.05) is 18.7 Å². The zero-order valence-corrected chi connectivity index (χ0v) is 14.7.